The fraction of sp³-hybridized carbons (Fsp3) is 0.118. The Morgan fingerprint density at radius 3 is 2.61 bits per heavy atom. The van der Waals surface area contributed by atoms with Crippen LogP contribution in [0.25, 0.3) is 6.08 Å². The van der Waals surface area contributed by atoms with E-state index >= 15 is 0 Å². The average Bonchev–Trinajstić information content (AvgIpc) is 2.77. The summed E-state index contributed by atoms with van der Waals surface area (Å²) in [4.78, 5) is 30.2. The molecule has 0 bridgehead atoms. The lowest BCUT2D eigenvalue weighted by Crippen LogP contribution is -2.27. The smallest absolute Gasteiger partial charge is 0.268 e. The SMILES string of the molecule is Cc1cccc(/C=C2\SC(=O)N(Cc3ccc(F)cc3)C2=O)n1. The lowest BCUT2D eigenvalue weighted by Gasteiger charge is -2.12. The van der Waals surface area contributed by atoms with Crippen molar-refractivity contribution in [3.63, 3.8) is 0 Å². The number of aryl methyl sites for hydroxylation is 1. The van der Waals surface area contributed by atoms with E-state index in [9.17, 15) is 14.0 Å². The lowest BCUT2D eigenvalue weighted by molar-refractivity contribution is -0.123. The summed E-state index contributed by atoms with van der Waals surface area (Å²) in [7, 11) is 0. The predicted octanol–water partition coefficient (Wildman–Crippen LogP) is 3.77. The standard InChI is InChI=1S/C17H13FN2O2S/c1-11-3-2-4-14(19-11)9-15-16(21)20(17(22)23-15)10-12-5-7-13(18)8-6-12/h2-9H,10H2,1H3/b15-9-. The van der Waals surface area contributed by atoms with Crippen LogP contribution in [-0.2, 0) is 11.3 Å². The zero-order valence-corrected chi connectivity index (χ0v) is 13.1. The number of carbonyl (C=O) groups excluding carboxylic acids is 2. The van der Waals surface area contributed by atoms with Crippen LogP contribution in [0.3, 0.4) is 0 Å². The number of halogens is 1. The molecule has 1 saturated heterocycles. The van der Waals surface area contributed by atoms with E-state index in [1.807, 2.05) is 19.1 Å². The summed E-state index contributed by atoms with van der Waals surface area (Å²) in [6, 6.07) is 11.2. The molecule has 0 spiro atoms. The van der Waals surface area contributed by atoms with E-state index in [1.165, 1.54) is 12.1 Å². The van der Waals surface area contributed by atoms with Gasteiger partial charge < -0.3 is 0 Å². The first kappa shape index (κ1) is 15.4. The van der Waals surface area contributed by atoms with Crippen molar-refractivity contribution in [3.8, 4) is 0 Å². The Bertz CT molecular complexity index is 802. The Labute approximate surface area is 137 Å². The van der Waals surface area contributed by atoms with Crippen molar-refractivity contribution in [2.24, 2.45) is 0 Å². The monoisotopic (exact) mass is 328 g/mol. The number of nitrogens with zero attached hydrogens (tertiary/aromatic N) is 2. The van der Waals surface area contributed by atoms with E-state index in [2.05, 4.69) is 4.98 Å². The van der Waals surface area contributed by atoms with Gasteiger partial charge in [0.25, 0.3) is 11.1 Å². The number of rotatable bonds is 3. The Kier molecular flexibility index (Phi) is 4.25. The van der Waals surface area contributed by atoms with Gasteiger partial charge in [0.15, 0.2) is 0 Å². The minimum absolute atomic E-state index is 0.129. The van der Waals surface area contributed by atoms with Crippen LogP contribution in [0.5, 0.6) is 0 Å². The van der Waals surface area contributed by atoms with Crippen molar-refractivity contribution in [2.75, 3.05) is 0 Å². The summed E-state index contributed by atoms with van der Waals surface area (Å²) >= 11 is 0.889. The topological polar surface area (TPSA) is 50.3 Å². The maximum absolute atomic E-state index is 12.9. The molecule has 6 heteroatoms. The molecule has 2 heterocycles. The molecule has 1 aromatic carbocycles. The molecule has 116 valence electrons. The Morgan fingerprint density at radius 2 is 1.91 bits per heavy atom. The first-order valence-electron chi connectivity index (χ1n) is 6.96. The molecule has 1 fully saturated rings. The number of aromatic nitrogens is 1. The number of carbonyl (C=O) groups is 2. The third kappa shape index (κ3) is 3.48. The van der Waals surface area contributed by atoms with Gasteiger partial charge in [0, 0.05) is 5.69 Å². The second-order valence-corrected chi connectivity index (χ2v) is 6.09. The number of hydrogen-bond acceptors (Lipinski definition) is 4. The molecule has 2 aromatic rings. The molecule has 1 aromatic heterocycles. The molecule has 0 atom stereocenters. The highest BCUT2D eigenvalue weighted by Gasteiger charge is 2.35. The number of amides is 2. The third-order valence-electron chi connectivity index (χ3n) is 3.32. The van der Waals surface area contributed by atoms with Crippen molar-refractivity contribution in [1.29, 1.82) is 0 Å². The maximum Gasteiger partial charge on any atom is 0.293 e. The Hall–Kier alpha value is -2.47. The number of imide groups is 1. The number of thioether (sulfide) groups is 1. The predicted molar refractivity (Wildman–Crippen MR) is 86.9 cm³/mol. The van der Waals surface area contributed by atoms with Crippen LogP contribution in [-0.4, -0.2) is 21.0 Å². The Balaban J connectivity index is 1.81. The zero-order valence-electron chi connectivity index (χ0n) is 12.3. The first-order valence-corrected chi connectivity index (χ1v) is 7.78. The minimum atomic E-state index is -0.354. The highest BCUT2D eigenvalue weighted by atomic mass is 32.2. The van der Waals surface area contributed by atoms with E-state index < -0.39 is 0 Å². The molecular formula is C17H13FN2O2S. The highest BCUT2D eigenvalue weighted by molar-refractivity contribution is 8.18. The van der Waals surface area contributed by atoms with Crippen LogP contribution in [0.15, 0.2) is 47.4 Å². The van der Waals surface area contributed by atoms with E-state index in [4.69, 9.17) is 0 Å². The number of hydrogen-bond donors (Lipinski definition) is 0. The van der Waals surface area contributed by atoms with Crippen molar-refractivity contribution in [1.82, 2.24) is 9.88 Å². The van der Waals surface area contributed by atoms with Gasteiger partial charge in [-0.05, 0) is 54.6 Å². The largest absolute Gasteiger partial charge is 0.293 e. The molecule has 1 aliphatic heterocycles. The summed E-state index contributed by atoms with van der Waals surface area (Å²) in [6.45, 7) is 1.99. The number of benzene rings is 1. The van der Waals surface area contributed by atoms with E-state index in [0.29, 0.717) is 16.2 Å². The molecule has 23 heavy (non-hydrogen) atoms. The molecule has 0 N–H and O–H groups in total. The van der Waals surface area contributed by atoms with Crippen molar-refractivity contribution in [2.45, 2.75) is 13.5 Å². The normalized spacial score (nSPS) is 16.4. The molecule has 0 aliphatic carbocycles. The van der Waals surface area contributed by atoms with Crippen LogP contribution in [0.2, 0.25) is 0 Å². The van der Waals surface area contributed by atoms with Crippen molar-refractivity contribution in [3.05, 3.63) is 70.1 Å². The van der Waals surface area contributed by atoms with E-state index in [-0.39, 0.29) is 23.5 Å². The summed E-state index contributed by atoms with van der Waals surface area (Å²) in [5, 5.41) is -0.335. The van der Waals surface area contributed by atoms with Crippen molar-refractivity contribution < 1.29 is 14.0 Å². The van der Waals surface area contributed by atoms with Gasteiger partial charge in [-0.15, -0.1) is 0 Å². The summed E-state index contributed by atoms with van der Waals surface area (Å²) in [5.41, 5.74) is 2.17. The summed E-state index contributed by atoms with van der Waals surface area (Å²) in [6.07, 6.45) is 1.61. The van der Waals surface area contributed by atoms with Gasteiger partial charge >= 0.3 is 0 Å². The minimum Gasteiger partial charge on any atom is -0.268 e. The Morgan fingerprint density at radius 1 is 1.17 bits per heavy atom. The van der Waals surface area contributed by atoms with Gasteiger partial charge in [0.05, 0.1) is 17.1 Å². The quantitative estimate of drug-likeness (QED) is 0.805. The van der Waals surface area contributed by atoms with Crippen LogP contribution in [0, 0.1) is 12.7 Å². The molecule has 3 rings (SSSR count). The van der Waals surface area contributed by atoms with Crippen molar-refractivity contribution >= 4 is 29.0 Å². The summed E-state index contributed by atoms with van der Waals surface area (Å²) < 4.78 is 12.9. The van der Waals surface area contributed by atoms with Crippen LogP contribution < -0.4 is 0 Å². The fourth-order valence-corrected chi connectivity index (χ4v) is 3.01. The molecule has 0 unspecified atom stereocenters. The highest BCUT2D eigenvalue weighted by Crippen LogP contribution is 2.33. The molecule has 0 saturated carbocycles. The molecule has 4 nitrogen and oxygen atoms in total. The van der Waals surface area contributed by atoms with Crippen LogP contribution in [0.4, 0.5) is 9.18 Å². The molecular weight excluding hydrogens is 315 g/mol. The van der Waals surface area contributed by atoms with Gasteiger partial charge in [-0.3, -0.25) is 19.5 Å². The fourth-order valence-electron chi connectivity index (χ4n) is 2.19. The van der Waals surface area contributed by atoms with Crippen LogP contribution >= 0.6 is 11.8 Å². The van der Waals surface area contributed by atoms with E-state index in [0.717, 1.165) is 22.4 Å². The maximum atomic E-state index is 12.9. The van der Waals surface area contributed by atoms with E-state index in [1.54, 1.807) is 24.3 Å². The van der Waals surface area contributed by atoms with Gasteiger partial charge in [-0.1, -0.05) is 18.2 Å². The third-order valence-corrected chi connectivity index (χ3v) is 4.22. The van der Waals surface area contributed by atoms with Gasteiger partial charge in [-0.2, -0.15) is 0 Å². The van der Waals surface area contributed by atoms with Crippen LogP contribution in [0.1, 0.15) is 17.0 Å². The van der Waals surface area contributed by atoms with Gasteiger partial charge in [0.1, 0.15) is 5.82 Å². The average molecular weight is 328 g/mol. The second kappa shape index (κ2) is 6.34. The van der Waals surface area contributed by atoms with Gasteiger partial charge in [-0.25, -0.2) is 4.39 Å². The zero-order chi connectivity index (χ0) is 16.4. The lowest BCUT2D eigenvalue weighted by atomic mass is 10.2. The molecule has 1 aliphatic rings. The second-order valence-electron chi connectivity index (χ2n) is 5.10. The molecule has 0 radical (unpaired) electrons. The number of pyridine rings is 1. The first-order chi connectivity index (χ1) is 11.0. The van der Waals surface area contributed by atoms with Gasteiger partial charge in [0.2, 0.25) is 0 Å². The summed E-state index contributed by atoms with van der Waals surface area (Å²) in [5.74, 6) is -0.707. The molecule has 2 amide bonds.